The average Bonchev–Trinajstić information content (AvgIpc) is 2.10. The summed E-state index contributed by atoms with van der Waals surface area (Å²) in [4.78, 5) is 4.06. The van der Waals surface area contributed by atoms with Gasteiger partial charge in [-0.2, -0.15) is 0 Å². The SMILES string of the molecule is CCc1nc(P)sc1O. The molecule has 0 amide bonds. The molecule has 0 aliphatic rings. The molecule has 9 heavy (non-hydrogen) atoms. The van der Waals surface area contributed by atoms with E-state index >= 15 is 0 Å². The van der Waals surface area contributed by atoms with Gasteiger partial charge in [0.15, 0.2) is 5.06 Å². The summed E-state index contributed by atoms with van der Waals surface area (Å²) >= 11 is 1.30. The summed E-state index contributed by atoms with van der Waals surface area (Å²) in [5, 5.41) is 9.42. The van der Waals surface area contributed by atoms with E-state index < -0.39 is 0 Å². The van der Waals surface area contributed by atoms with Gasteiger partial charge < -0.3 is 5.11 Å². The minimum absolute atomic E-state index is 0.350. The van der Waals surface area contributed by atoms with E-state index in [0.29, 0.717) is 5.06 Å². The molecule has 50 valence electrons. The molecular weight excluding hydrogens is 153 g/mol. The Labute approximate surface area is 60.1 Å². The van der Waals surface area contributed by atoms with Crippen LogP contribution >= 0.6 is 20.6 Å². The molecule has 1 aromatic heterocycles. The molecule has 2 nitrogen and oxygen atoms in total. The second-order valence-corrected chi connectivity index (χ2v) is 3.63. The number of rotatable bonds is 1. The number of aromatic hydroxyl groups is 1. The van der Waals surface area contributed by atoms with Gasteiger partial charge in [-0.05, 0) is 6.42 Å². The highest BCUT2D eigenvalue weighted by Crippen LogP contribution is 2.20. The van der Waals surface area contributed by atoms with Gasteiger partial charge in [-0.1, -0.05) is 27.5 Å². The molecule has 0 aliphatic carbocycles. The zero-order valence-electron chi connectivity index (χ0n) is 5.09. The van der Waals surface area contributed by atoms with Crippen LogP contribution in [0.2, 0.25) is 0 Å². The topological polar surface area (TPSA) is 33.1 Å². The monoisotopic (exact) mass is 161 g/mol. The van der Waals surface area contributed by atoms with Crippen molar-refractivity contribution in [2.24, 2.45) is 0 Å². The van der Waals surface area contributed by atoms with E-state index in [-0.39, 0.29) is 0 Å². The minimum atomic E-state index is 0.350. The molecule has 4 heteroatoms. The van der Waals surface area contributed by atoms with E-state index in [9.17, 15) is 0 Å². The lowest BCUT2D eigenvalue weighted by Gasteiger charge is -1.84. The van der Waals surface area contributed by atoms with Gasteiger partial charge in [0.1, 0.15) is 4.75 Å². The third kappa shape index (κ3) is 1.41. The summed E-state index contributed by atoms with van der Waals surface area (Å²) in [6.45, 7) is 1.97. The van der Waals surface area contributed by atoms with Crippen molar-refractivity contribution >= 4 is 25.3 Å². The summed E-state index contributed by atoms with van der Waals surface area (Å²) in [6.07, 6.45) is 0.802. The quantitative estimate of drug-likeness (QED) is 0.621. The maximum Gasteiger partial charge on any atom is 0.195 e. The number of aryl methyl sites for hydroxylation is 1. The van der Waals surface area contributed by atoms with Crippen LogP contribution in [-0.4, -0.2) is 10.1 Å². The van der Waals surface area contributed by atoms with Crippen molar-refractivity contribution in [3.05, 3.63) is 5.69 Å². The van der Waals surface area contributed by atoms with Crippen molar-refractivity contribution in [1.29, 1.82) is 0 Å². The fourth-order valence-electron chi connectivity index (χ4n) is 0.592. The Bertz CT molecular complexity index is 211. The van der Waals surface area contributed by atoms with Crippen molar-refractivity contribution in [2.75, 3.05) is 0 Å². The maximum absolute atomic E-state index is 9.07. The van der Waals surface area contributed by atoms with Gasteiger partial charge in [0.25, 0.3) is 0 Å². The third-order valence-corrected chi connectivity index (χ3v) is 2.24. The van der Waals surface area contributed by atoms with Crippen molar-refractivity contribution in [1.82, 2.24) is 4.98 Å². The Hall–Kier alpha value is -0.140. The molecule has 0 bridgehead atoms. The first kappa shape index (κ1) is 6.97. The fraction of sp³-hybridized carbons (Fsp3) is 0.400. The second kappa shape index (κ2) is 2.63. The molecule has 1 atom stereocenters. The predicted molar refractivity (Wildman–Crippen MR) is 42.5 cm³/mol. The van der Waals surface area contributed by atoms with Crippen LogP contribution in [0, 0.1) is 0 Å². The van der Waals surface area contributed by atoms with Crippen molar-refractivity contribution in [2.45, 2.75) is 13.3 Å². The molecule has 0 saturated heterocycles. The van der Waals surface area contributed by atoms with Gasteiger partial charge >= 0.3 is 0 Å². The Kier molecular flexibility index (Phi) is 2.04. The first-order valence-corrected chi connectivity index (χ1v) is 4.07. The lowest BCUT2D eigenvalue weighted by Crippen LogP contribution is -1.87. The number of hydrogen-bond acceptors (Lipinski definition) is 3. The van der Waals surface area contributed by atoms with Crippen LogP contribution in [0.5, 0.6) is 5.06 Å². The Morgan fingerprint density at radius 3 is 2.67 bits per heavy atom. The van der Waals surface area contributed by atoms with E-state index in [2.05, 4.69) is 14.2 Å². The summed E-state index contributed by atoms with van der Waals surface area (Å²) in [5.41, 5.74) is 0.796. The predicted octanol–water partition coefficient (Wildman–Crippen LogP) is 0.911. The molecule has 0 aliphatic heterocycles. The van der Waals surface area contributed by atoms with E-state index in [0.717, 1.165) is 16.9 Å². The summed E-state index contributed by atoms with van der Waals surface area (Å²) < 4.78 is 0.851. The number of aromatic nitrogens is 1. The van der Waals surface area contributed by atoms with Crippen LogP contribution in [0.3, 0.4) is 0 Å². The average molecular weight is 161 g/mol. The van der Waals surface area contributed by atoms with E-state index in [1.165, 1.54) is 11.3 Å². The van der Waals surface area contributed by atoms with Gasteiger partial charge in [-0.3, -0.25) is 0 Å². The highest BCUT2D eigenvalue weighted by molar-refractivity contribution is 7.43. The largest absolute Gasteiger partial charge is 0.498 e. The molecule has 1 unspecified atom stereocenters. The van der Waals surface area contributed by atoms with Gasteiger partial charge in [0.05, 0.1) is 5.69 Å². The van der Waals surface area contributed by atoms with E-state index in [1.54, 1.807) is 0 Å². The molecule has 0 aromatic carbocycles. The number of hydrogen-bond donors (Lipinski definition) is 1. The van der Waals surface area contributed by atoms with E-state index in [1.807, 2.05) is 6.92 Å². The third-order valence-electron chi connectivity index (χ3n) is 1.03. The minimum Gasteiger partial charge on any atom is -0.498 e. The van der Waals surface area contributed by atoms with Gasteiger partial charge in [-0.15, -0.1) is 0 Å². The molecule has 1 aromatic rings. The molecule has 1 heterocycles. The lowest BCUT2D eigenvalue weighted by molar-refractivity contribution is 0.482. The maximum atomic E-state index is 9.07. The van der Waals surface area contributed by atoms with Crippen molar-refractivity contribution in [3.8, 4) is 5.06 Å². The van der Waals surface area contributed by atoms with Crippen LogP contribution in [0.25, 0.3) is 0 Å². The van der Waals surface area contributed by atoms with Crippen LogP contribution < -0.4 is 4.75 Å². The second-order valence-electron chi connectivity index (χ2n) is 1.66. The standard InChI is InChI=1S/C5H8NOPS/c1-2-3-4(7)9-5(8)6-3/h7H,2,8H2,1H3. The summed E-state index contributed by atoms with van der Waals surface area (Å²) in [5.74, 6) is 0. The van der Waals surface area contributed by atoms with Crippen LogP contribution in [0.1, 0.15) is 12.6 Å². The number of nitrogens with zero attached hydrogens (tertiary/aromatic N) is 1. The van der Waals surface area contributed by atoms with Crippen LogP contribution in [-0.2, 0) is 6.42 Å². The van der Waals surface area contributed by atoms with Gasteiger partial charge in [0, 0.05) is 0 Å². The molecule has 0 radical (unpaired) electrons. The first-order chi connectivity index (χ1) is 4.24. The smallest absolute Gasteiger partial charge is 0.195 e. The van der Waals surface area contributed by atoms with Crippen molar-refractivity contribution in [3.63, 3.8) is 0 Å². The highest BCUT2D eigenvalue weighted by atomic mass is 32.1. The Morgan fingerprint density at radius 2 is 2.44 bits per heavy atom. The molecule has 0 saturated carbocycles. The normalized spacial score (nSPS) is 10.0. The zero-order valence-corrected chi connectivity index (χ0v) is 7.06. The fourth-order valence-corrected chi connectivity index (χ4v) is 1.74. The molecule has 1 rings (SSSR count). The zero-order chi connectivity index (χ0) is 6.85. The first-order valence-electron chi connectivity index (χ1n) is 2.68. The lowest BCUT2D eigenvalue weighted by atomic mass is 10.4. The van der Waals surface area contributed by atoms with Gasteiger partial charge in [0.2, 0.25) is 0 Å². The Morgan fingerprint density at radius 1 is 1.78 bits per heavy atom. The van der Waals surface area contributed by atoms with Crippen molar-refractivity contribution < 1.29 is 5.11 Å². The Balaban J connectivity index is 3.01. The van der Waals surface area contributed by atoms with Crippen LogP contribution in [0.15, 0.2) is 0 Å². The van der Waals surface area contributed by atoms with E-state index in [4.69, 9.17) is 5.11 Å². The number of thiazole rings is 1. The molecule has 1 N–H and O–H groups in total. The summed E-state index contributed by atoms with van der Waals surface area (Å²) in [6, 6.07) is 0. The van der Waals surface area contributed by atoms with Crippen LogP contribution in [0.4, 0.5) is 0 Å². The van der Waals surface area contributed by atoms with Gasteiger partial charge in [-0.25, -0.2) is 4.98 Å². The molecule has 0 spiro atoms. The highest BCUT2D eigenvalue weighted by Gasteiger charge is 2.03. The molecular formula is C5H8NOPS. The summed E-state index contributed by atoms with van der Waals surface area (Å²) in [7, 11) is 2.46. The molecule has 0 fully saturated rings.